The zero-order valence-corrected chi connectivity index (χ0v) is 13.6. The van der Waals surface area contributed by atoms with E-state index in [2.05, 4.69) is 8.28 Å². The minimum absolute atomic E-state index is 0. The summed E-state index contributed by atoms with van der Waals surface area (Å²) >= 11 is 0. The molecule has 1 aromatic rings. The Hall–Kier alpha value is 0.223. The molecule has 0 radical (unpaired) electrons. The summed E-state index contributed by atoms with van der Waals surface area (Å²) < 4.78 is 51.5. The fourth-order valence-electron chi connectivity index (χ4n) is 0.811. The van der Waals surface area contributed by atoms with Crippen LogP contribution in [0.1, 0.15) is 0 Å². The molecule has 0 aliphatic carbocycles. The van der Waals surface area contributed by atoms with E-state index >= 15 is 0 Å². The monoisotopic (exact) mass is 391 g/mol. The van der Waals surface area contributed by atoms with Crippen molar-refractivity contribution in [2.24, 2.45) is 0 Å². The summed E-state index contributed by atoms with van der Waals surface area (Å²) in [5.74, 6) is 0. The molecule has 0 fully saturated rings. The van der Waals surface area contributed by atoms with Crippen LogP contribution in [0.5, 0.6) is 0 Å². The summed E-state index contributed by atoms with van der Waals surface area (Å²) in [6, 6.07) is 6.66. The van der Waals surface area contributed by atoms with E-state index in [-0.39, 0.29) is 31.1 Å². The van der Waals surface area contributed by atoms with Crippen molar-refractivity contribution in [1.29, 1.82) is 0 Å². The maximum absolute atomic E-state index is 11.4. The summed E-state index contributed by atoms with van der Waals surface area (Å²) in [5.41, 5.74) is 0. The smallest absolute Gasteiger partial charge is 0.300 e. The Balaban J connectivity index is 0.00000289. The van der Waals surface area contributed by atoms with E-state index in [1.54, 1.807) is 6.07 Å². The molecule has 1 rings (SSSR count). The van der Waals surface area contributed by atoms with E-state index in [0.29, 0.717) is 0 Å². The molecule has 1 aromatic carbocycles. The van der Waals surface area contributed by atoms with E-state index in [0.717, 1.165) is 12.1 Å². The fourth-order valence-corrected chi connectivity index (χ4v) is 3.34. The van der Waals surface area contributed by atoms with Gasteiger partial charge in [-0.2, -0.15) is 8.42 Å². The van der Waals surface area contributed by atoms with Gasteiger partial charge in [0.1, 0.15) is 0 Å². The van der Waals surface area contributed by atoms with Crippen molar-refractivity contribution < 1.29 is 61.8 Å². The first-order valence-electron chi connectivity index (χ1n) is 3.93. The molecule has 1 atom stereocenters. The van der Waals surface area contributed by atoms with Gasteiger partial charge in [0.2, 0.25) is 0 Å². The first kappa shape index (κ1) is 18.2. The second-order valence-corrected chi connectivity index (χ2v) is 6.70. The van der Waals surface area contributed by atoms with Crippen LogP contribution >= 0.6 is 16.1 Å². The Bertz CT molecular complexity index is 552. The number of benzene rings is 1. The van der Waals surface area contributed by atoms with Crippen molar-refractivity contribution in [3.63, 3.8) is 0 Å². The summed E-state index contributed by atoms with van der Waals surface area (Å²) in [4.78, 5) is 16.3. The second kappa shape index (κ2) is 7.12. The van der Waals surface area contributed by atoms with Gasteiger partial charge in [0.25, 0.3) is 0 Å². The van der Waals surface area contributed by atoms with Crippen LogP contribution in [-0.2, 0) is 53.7 Å². The first-order chi connectivity index (χ1) is 7.71. The van der Waals surface area contributed by atoms with Crippen molar-refractivity contribution in [1.82, 2.24) is 0 Å². The zero-order valence-electron chi connectivity index (χ0n) is 8.53. The molecule has 2 N–H and O–H groups in total. The van der Waals surface area contributed by atoms with Crippen molar-refractivity contribution >= 4 is 26.2 Å². The summed E-state index contributed by atoms with van der Waals surface area (Å²) in [6.45, 7) is 0. The molecule has 0 aliphatic rings. The number of phosphoric acid groups is 1. The van der Waals surface area contributed by atoms with Crippen molar-refractivity contribution in [3.05, 3.63) is 30.3 Å². The largest absolute Gasteiger partial charge is 0.726 e. The second-order valence-electron chi connectivity index (χ2n) is 2.64. The predicted molar refractivity (Wildman–Crippen MR) is 55.4 cm³/mol. The third-order valence-corrected chi connectivity index (χ3v) is 4.87. The molecule has 18 heavy (non-hydrogen) atoms. The van der Waals surface area contributed by atoms with Crippen LogP contribution < -0.4 is 0 Å². The van der Waals surface area contributed by atoms with Gasteiger partial charge in [0, 0.05) is 34.7 Å². The van der Waals surface area contributed by atoms with Gasteiger partial charge < -0.3 is 9.79 Å². The average molecular weight is 392 g/mol. The molecule has 1 unspecified atom stereocenters. The standard InChI is InChI=1S/C6H6O8P2S.Zr/c7-15(13-16(8,9)10)14-17(11,12)6-4-2-1-3-5-6;/h1-5H,(H-,8,9,10);/p+1. The Morgan fingerprint density at radius 2 is 1.67 bits per heavy atom. The Morgan fingerprint density at radius 1 is 1.17 bits per heavy atom. The fraction of sp³-hybridized carbons (Fsp3) is 0. The van der Waals surface area contributed by atoms with E-state index in [4.69, 9.17) is 9.79 Å². The number of hydrogen-bond acceptors (Lipinski definition) is 6. The third kappa shape index (κ3) is 6.41. The molecule has 0 aliphatic heterocycles. The van der Waals surface area contributed by atoms with Gasteiger partial charge in [-0.25, -0.2) is 4.57 Å². The van der Waals surface area contributed by atoms with Gasteiger partial charge >= 0.3 is 26.2 Å². The van der Waals surface area contributed by atoms with Gasteiger partial charge in [-0.05, 0) is 16.4 Å². The van der Waals surface area contributed by atoms with Gasteiger partial charge in [0.05, 0.1) is 4.90 Å². The SMILES string of the molecule is O=[P+](OP(=O)(O)O)OS(=O)(=O)c1ccccc1.[Zr]. The molecule has 0 saturated carbocycles. The van der Waals surface area contributed by atoms with Gasteiger partial charge in [0.15, 0.2) is 0 Å². The van der Waals surface area contributed by atoms with Crippen molar-refractivity contribution in [2.75, 3.05) is 0 Å². The molecule has 0 heterocycles. The van der Waals surface area contributed by atoms with E-state index in [1.165, 1.54) is 12.1 Å². The Morgan fingerprint density at radius 3 is 2.11 bits per heavy atom. The van der Waals surface area contributed by atoms with E-state index in [1.807, 2.05) is 0 Å². The van der Waals surface area contributed by atoms with Crippen LogP contribution in [0, 0.1) is 0 Å². The maximum Gasteiger partial charge on any atom is 0.726 e. The van der Waals surface area contributed by atoms with Crippen molar-refractivity contribution in [2.45, 2.75) is 4.90 Å². The normalized spacial score (nSPS) is 12.7. The van der Waals surface area contributed by atoms with Crippen molar-refractivity contribution in [3.8, 4) is 0 Å². The summed E-state index contributed by atoms with van der Waals surface area (Å²) in [5, 5.41) is 0. The summed E-state index contributed by atoms with van der Waals surface area (Å²) in [6.07, 6.45) is 0. The van der Waals surface area contributed by atoms with Crippen LogP contribution in [0.4, 0.5) is 0 Å². The molecule has 12 heteroatoms. The van der Waals surface area contributed by atoms with Crippen LogP contribution in [0.25, 0.3) is 0 Å². The van der Waals surface area contributed by atoms with E-state index < -0.39 is 26.2 Å². The van der Waals surface area contributed by atoms with Gasteiger partial charge in [-0.15, -0.1) is 0 Å². The zero-order chi connectivity index (χ0) is 13.1. The molecule has 0 saturated heterocycles. The molecule has 0 spiro atoms. The summed E-state index contributed by atoms with van der Waals surface area (Å²) in [7, 11) is -12.9. The molecular formula is C6H7O8P2SZr+. The third-order valence-electron chi connectivity index (χ3n) is 1.36. The number of hydrogen-bond donors (Lipinski definition) is 2. The molecule has 0 amide bonds. The first-order valence-corrected chi connectivity index (χ1v) is 7.96. The minimum Gasteiger partial charge on any atom is -0.300 e. The van der Waals surface area contributed by atoms with E-state index in [9.17, 15) is 17.5 Å². The van der Waals surface area contributed by atoms with Gasteiger partial charge in [-0.3, -0.25) is 0 Å². The molecule has 0 bridgehead atoms. The molecule has 98 valence electrons. The van der Waals surface area contributed by atoms with Crippen LogP contribution in [-0.4, -0.2) is 18.2 Å². The topological polar surface area (TPSA) is 127 Å². The van der Waals surface area contributed by atoms with Crippen LogP contribution in [0.15, 0.2) is 35.2 Å². The molecular weight excluding hydrogens is 385 g/mol. The quantitative estimate of drug-likeness (QED) is 0.715. The molecule has 0 aromatic heterocycles. The molecule has 8 nitrogen and oxygen atoms in total. The Labute approximate surface area is 123 Å². The predicted octanol–water partition coefficient (Wildman–Crippen LogP) is 1.16. The Kier molecular flexibility index (Phi) is 7.21. The van der Waals surface area contributed by atoms with Gasteiger partial charge in [-0.1, -0.05) is 18.2 Å². The maximum atomic E-state index is 11.4. The van der Waals surface area contributed by atoms with Crippen LogP contribution in [0.3, 0.4) is 0 Å². The number of rotatable bonds is 5. The average Bonchev–Trinajstić information content (AvgIpc) is 2.15. The minimum atomic E-state index is -5.07. The van der Waals surface area contributed by atoms with Crippen LogP contribution in [0.2, 0.25) is 0 Å².